The Morgan fingerprint density at radius 1 is 1.56 bits per heavy atom. The van der Waals surface area contributed by atoms with Crippen LogP contribution in [-0.4, -0.2) is 4.92 Å². The van der Waals surface area contributed by atoms with Gasteiger partial charge in [0.2, 0.25) is 0 Å². The zero-order chi connectivity index (χ0) is 6.73. The Labute approximate surface area is 58.3 Å². The third kappa shape index (κ3) is 3.60. The van der Waals surface area contributed by atoms with E-state index in [2.05, 4.69) is 0 Å². The van der Waals surface area contributed by atoms with E-state index in [1.807, 2.05) is 0 Å². The molecule has 54 valence electrons. The summed E-state index contributed by atoms with van der Waals surface area (Å²) < 4.78 is 0. The van der Waals surface area contributed by atoms with Crippen LogP contribution < -0.4 is 11.5 Å². The van der Waals surface area contributed by atoms with E-state index in [-0.39, 0.29) is 23.9 Å². The first-order valence-corrected chi connectivity index (χ1v) is 1.92. The number of hydrogen-bond donors (Lipinski definition) is 2. The molecule has 0 aromatic carbocycles. The second-order valence-electron chi connectivity index (χ2n) is 1.30. The van der Waals surface area contributed by atoms with Gasteiger partial charge < -0.3 is 11.5 Å². The number of nitro groups is 1. The van der Waals surface area contributed by atoms with E-state index in [1.54, 1.807) is 0 Å². The van der Waals surface area contributed by atoms with E-state index in [1.165, 1.54) is 6.92 Å². The lowest BCUT2D eigenvalue weighted by atomic mass is 10.5. The van der Waals surface area contributed by atoms with Crippen molar-refractivity contribution in [2.24, 2.45) is 11.5 Å². The largest absolute Gasteiger partial charge is 0.380 e. The minimum atomic E-state index is -0.630. The molecule has 0 saturated carbocycles. The standard InChI is InChI=1S/C3H7N3O2.ClH/c1-2(3(4)5)6(7)8;/h4-5H2,1H3;1H. The SMILES string of the molecule is CC(=C(N)N)[N+](=O)[O-].Cl. The molecule has 0 amide bonds. The van der Waals surface area contributed by atoms with Crippen LogP contribution in [0.1, 0.15) is 6.92 Å². The van der Waals surface area contributed by atoms with Crippen LogP contribution in [-0.2, 0) is 0 Å². The fraction of sp³-hybridized carbons (Fsp3) is 0.333. The van der Waals surface area contributed by atoms with Crippen LogP contribution in [0.15, 0.2) is 11.5 Å². The average Bonchev–Trinajstić information content (AvgIpc) is 1.64. The monoisotopic (exact) mass is 153 g/mol. The van der Waals surface area contributed by atoms with Crippen LogP contribution in [0.3, 0.4) is 0 Å². The van der Waals surface area contributed by atoms with Gasteiger partial charge in [0.15, 0.2) is 5.82 Å². The summed E-state index contributed by atoms with van der Waals surface area (Å²) in [6.07, 6.45) is 0. The van der Waals surface area contributed by atoms with Crippen molar-refractivity contribution < 1.29 is 4.92 Å². The summed E-state index contributed by atoms with van der Waals surface area (Å²) in [6.45, 7) is 1.25. The summed E-state index contributed by atoms with van der Waals surface area (Å²) in [5.41, 5.74) is 9.50. The summed E-state index contributed by atoms with van der Waals surface area (Å²) in [5, 5.41) is 9.73. The van der Waals surface area contributed by atoms with Crippen molar-refractivity contribution in [2.45, 2.75) is 6.92 Å². The van der Waals surface area contributed by atoms with Gasteiger partial charge in [0, 0.05) is 6.92 Å². The Hall–Kier alpha value is -0.970. The van der Waals surface area contributed by atoms with Gasteiger partial charge in [-0.15, -0.1) is 12.4 Å². The molecule has 0 fully saturated rings. The maximum Gasteiger partial charge on any atom is 0.282 e. The van der Waals surface area contributed by atoms with Crippen molar-refractivity contribution in [1.29, 1.82) is 0 Å². The van der Waals surface area contributed by atoms with Crippen LogP contribution in [0, 0.1) is 10.1 Å². The summed E-state index contributed by atoms with van der Waals surface area (Å²) in [7, 11) is 0. The summed E-state index contributed by atoms with van der Waals surface area (Å²) in [5.74, 6) is -0.241. The molecule has 0 spiro atoms. The highest BCUT2D eigenvalue weighted by molar-refractivity contribution is 5.85. The third-order valence-electron chi connectivity index (χ3n) is 0.692. The minimum absolute atomic E-state index is 0. The van der Waals surface area contributed by atoms with Gasteiger partial charge in [-0.1, -0.05) is 0 Å². The summed E-state index contributed by atoms with van der Waals surface area (Å²) >= 11 is 0. The molecule has 5 nitrogen and oxygen atoms in total. The molecular weight excluding hydrogens is 146 g/mol. The van der Waals surface area contributed by atoms with Gasteiger partial charge in [-0.05, 0) is 0 Å². The Balaban J connectivity index is 0. The van der Waals surface area contributed by atoms with Gasteiger partial charge in [-0.3, -0.25) is 10.1 Å². The van der Waals surface area contributed by atoms with Crippen molar-refractivity contribution >= 4 is 12.4 Å². The molecule has 6 heteroatoms. The van der Waals surface area contributed by atoms with E-state index < -0.39 is 4.92 Å². The average molecular weight is 154 g/mol. The lowest BCUT2D eigenvalue weighted by molar-refractivity contribution is -0.425. The highest BCUT2D eigenvalue weighted by Crippen LogP contribution is 1.90. The quantitative estimate of drug-likeness (QED) is 0.403. The number of rotatable bonds is 1. The lowest BCUT2D eigenvalue weighted by Crippen LogP contribution is -2.14. The van der Waals surface area contributed by atoms with E-state index in [4.69, 9.17) is 11.5 Å². The van der Waals surface area contributed by atoms with Gasteiger partial charge >= 0.3 is 0 Å². The molecule has 0 atom stereocenters. The first kappa shape index (κ1) is 10.9. The van der Waals surface area contributed by atoms with Crippen LogP contribution in [0.4, 0.5) is 0 Å². The van der Waals surface area contributed by atoms with Crippen molar-refractivity contribution in [2.75, 3.05) is 0 Å². The smallest absolute Gasteiger partial charge is 0.282 e. The van der Waals surface area contributed by atoms with Crippen molar-refractivity contribution in [3.63, 3.8) is 0 Å². The third-order valence-corrected chi connectivity index (χ3v) is 0.692. The Bertz CT molecular complexity index is 140. The van der Waals surface area contributed by atoms with Gasteiger partial charge in [0.1, 0.15) is 0 Å². The molecule has 0 unspecified atom stereocenters. The van der Waals surface area contributed by atoms with Crippen molar-refractivity contribution in [3.8, 4) is 0 Å². The number of halogens is 1. The number of nitrogens with two attached hydrogens (primary N) is 2. The maximum atomic E-state index is 9.73. The summed E-state index contributed by atoms with van der Waals surface area (Å²) in [4.78, 5) is 9.10. The molecule has 0 aliphatic rings. The molecule has 9 heavy (non-hydrogen) atoms. The predicted octanol–water partition coefficient (Wildman–Crippen LogP) is -0.209. The molecule has 0 saturated heterocycles. The lowest BCUT2D eigenvalue weighted by Gasteiger charge is -1.89. The number of hydrogen-bond acceptors (Lipinski definition) is 4. The minimum Gasteiger partial charge on any atom is -0.380 e. The maximum absolute atomic E-state index is 9.73. The van der Waals surface area contributed by atoms with Crippen LogP contribution in [0.2, 0.25) is 0 Å². The molecule has 0 aliphatic carbocycles. The molecule has 0 aromatic rings. The normalized spacial score (nSPS) is 7.22. The zero-order valence-electron chi connectivity index (χ0n) is 4.83. The van der Waals surface area contributed by atoms with E-state index in [9.17, 15) is 10.1 Å². The first-order valence-electron chi connectivity index (χ1n) is 1.92. The Kier molecular flexibility index (Phi) is 4.81. The van der Waals surface area contributed by atoms with Gasteiger partial charge in [0.05, 0.1) is 4.92 Å². The number of allylic oxidation sites excluding steroid dienone is 1. The molecule has 0 aromatic heterocycles. The van der Waals surface area contributed by atoms with E-state index in [0.717, 1.165) is 0 Å². The molecule has 0 radical (unpaired) electrons. The first-order chi connectivity index (χ1) is 3.55. The van der Waals surface area contributed by atoms with E-state index >= 15 is 0 Å². The zero-order valence-corrected chi connectivity index (χ0v) is 5.64. The van der Waals surface area contributed by atoms with Gasteiger partial charge in [-0.2, -0.15) is 0 Å². The fourth-order valence-corrected chi connectivity index (χ4v) is 0.105. The molecule has 0 heterocycles. The summed E-state index contributed by atoms with van der Waals surface area (Å²) in [6, 6.07) is 0. The van der Waals surface area contributed by atoms with Crippen LogP contribution in [0.5, 0.6) is 0 Å². The second kappa shape index (κ2) is 3.96. The Morgan fingerprint density at radius 2 is 1.89 bits per heavy atom. The molecular formula is C3H8ClN3O2. The molecule has 0 aliphatic heterocycles. The van der Waals surface area contributed by atoms with Crippen LogP contribution >= 0.6 is 12.4 Å². The van der Waals surface area contributed by atoms with Crippen molar-refractivity contribution in [1.82, 2.24) is 0 Å². The van der Waals surface area contributed by atoms with Crippen LogP contribution in [0.25, 0.3) is 0 Å². The Morgan fingerprint density at radius 3 is 1.89 bits per heavy atom. The fourth-order valence-electron chi connectivity index (χ4n) is 0.105. The predicted molar refractivity (Wildman–Crippen MR) is 35.3 cm³/mol. The van der Waals surface area contributed by atoms with Gasteiger partial charge in [0.25, 0.3) is 5.70 Å². The molecule has 0 bridgehead atoms. The van der Waals surface area contributed by atoms with Gasteiger partial charge in [-0.25, -0.2) is 0 Å². The molecule has 0 rings (SSSR count). The second-order valence-corrected chi connectivity index (χ2v) is 1.30. The molecule has 4 N–H and O–H groups in total. The topological polar surface area (TPSA) is 95.2 Å². The highest BCUT2D eigenvalue weighted by Gasteiger charge is 2.03. The van der Waals surface area contributed by atoms with Crippen molar-refractivity contribution in [3.05, 3.63) is 21.6 Å². The van der Waals surface area contributed by atoms with E-state index in [0.29, 0.717) is 0 Å². The highest BCUT2D eigenvalue weighted by atomic mass is 35.5. The number of nitrogens with zero attached hydrogens (tertiary/aromatic N) is 1.